The summed E-state index contributed by atoms with van der Waals surface area (Å²) >= 11 is 0. The zero-order valence-electron chi connectivity index (χ0n) is 20.8. The number of ether oxygens (including phenoxy) is 1. The number of anilines is 1. The van der Waals surface area contributed by atoms with Gasteiger partial charge in [0.05, 0.1) is 23.6 Å². The smallest absolute Gasteiger partial charge is 0.340 e. The molecule has 0 saturated carbocycles. The van der Waals surface area contributed by atoms with Crippen molar-refractivity contribution in [2.75, 3.05) is 11.9 Å². The number of pyridine rings is 1. The summed E-state index contributed by atoms with van der Waals surface area (Å²) in [6, 6.07) is 5.95. The summed E-state index contributed by atoms with van der Waals surface area (Å²) in [4.78, 5) is 34.7. The predicted octanol–water partition coefficient (Wildman–Crippen LogP) is 4.96. The van der Waals surface area contributed by atoms with Crippen LogP contribution in [0.25, 0.3) is 33.4 Å². The number of aromatic nitrogens is 4. The maximum atomic E-state index is 12.8. The Bertz CT molecular complexity index is 1460. The summed E-state index contributed by atoms with van der Waals surface area (Å²) in [7, 11) is 3.58. The Morgan fingerprint density at radius 2 is 1.94 bits per heavy atom. The van der Waals surface area contributed by atoms with Gasteiger partial charge >= 0.3 is 5.97 Å². The summed E-state index contributed by atoms with van der Waals surface area (Å²) in [6.07, 6.45) is 6.29. The maximum Gasteiger partial charge on any atom is 0.340 e. The first-order valence-corrected chi connectivity index (χ1v) is 11.3. The van der Waals surface area contributed by atoms with Crippen molar-refractivity contribution in [1.29, 1.82) is 0 Å². The highest BCUT2D eigenvalue weighted by Crippen LogP contribution is 2.41. The molecule has 0 aliphatic heterocycles. The number of benzene rings is 1. The molecule has 8 nitrogen and oxygen atoms in total. The van der Waals surface area contributed by atoms with Gasteiger partial charge in [0.2, 0.25) is 5.91 Å². The highest BCUT2D eigenvalue weighted by atomic mass is 16.5. The van der Waals surface area contributed by atoms with Gasteiger partial charge in [-0.1, -0.05) is 18.7 Å². The minimum atomic E-state index is -0.414. The van der Waals surface area contributed by atoms with Crippen molar-refractivity contribution >= 4 is 28.6 Å². The Balaban J connectivity index is 2.02. The molecule has 0 saturated heterocycles. The summed E-state index contributed by atoms with van der Waals surface area (Å²) < 4.78 is 7.18. The van der Waals surface area contributed by atoms with Gasteiger partial charge in [-0.3, -0.25) is 9.48 Å². The molecule has 3 aromatic heterocycles. The monoisotopic (exact) mass is 471 g/mol. The number of aromatic amines is 1. The standard InChI is InChI=1S/C27H29N5O3/c1-8-22(33)32(7)21-11-18(10-9-16(21)4)24-23-17(5)20(27(34)35-15(2)3)13-28-26(23)30-25(24)19-12-29-31(6)14-19/h8-15H,1H2,2-7H3,(H,28,30). The summed E-state index contributed by atoms with van der Waals surface area (Å²) in [5, 5.41) is 5.15. The quantitative estimate of drug-likeness (QED) is 0.317. The second-order valence-corrected chi connectivity index (χ2v) is 8.85. The third kappa shape index (κ3) is 4.35. The molecule has 1 N–H and O–H groups in total. The van der Waals surface area contributed by atoms with Crippen LogP contribution in [0, 0.1) is 13.8 Å². The molecule has 0 unspecified atom stereocenters. The summed E-state index contributed by atoms with van der Waals surface area (Å²) in [5.41, 5.74) is 6.99. The predicted molar refractivity (Wildman–Crippen MR) is 137 cm³/mol. The zero-order chi connectivity index (χ0) is 25.4. The van der Waals surface area contributed by atoms with Gasteiger partial charge in [-0.15, -0.1) is 0 Å². The van der Waals surface area contributed by atoms with Crippen LogP contribution in [0.5, 0.6) is 0 Å². The second-order valence-electron chi connectivity index (χ2n) is 8.85. The molecule has 35 heavy (non-hydrogen) atoms. The van der Waals surface area contributed by atoms with E-state index in [0.29, 0.717) is 11.2 Å². The lowest BCUT2D eigenvalue weighted by molar-refractivity contribution is -0.113. The van der Waals surface area contributed by atoms with Crippen molar-refractivity contribution in [3.63, 3.8) is 0 Å². The van der Waals surface area contributed by atoms with Crippen molar-refractivity contribution in [3.8, 4) is 22.4 Å². The first-order valence-electron chi connectivity index (χ1n) is 11.3. The van der Waals surface area contributed by atoms with Crippen molar-refractivity contribution in [2.24, 2.45) is 7.05 Å². The number of aryl methyl sites for hydroxylation is 3. The van der Waals surface area contributed by atoms with Gasteiger partial charge < -0.3 is 14.6 Å². The van der Waals surface area contributed by atoms with E-state index >= 15 is 0 Å². The number of hydrogen-bond acceptors (Lipinski definition) is 5. The molecule has 1 amide bonds. The molecule has 0 bridgehead atoms. The molecule has 8 heteroatoms. The van der Waals surface area contributed by atoms with Crippen LogP contribution in [-0.2, 0) is 16.6 Å². The zero-order valence-corrected chi connectivity index (χ0v) is 20.8. The fraction of sp³-hybridized carbons (Fsp3) is 0.259. The fourth-order valence-corrected chi connectivity index (χ4v) is 4.23. The largest absolute Gasteiger partial charge is 0.459 e. The van der Waals surface area contributed by atoms with Crippen molar-refractivity contribution in [2.45, 2.75) is 33.8 Å². The van der Waals surface area contributed by atoms with Crippen LogP contribution in [0.3, 0.4) is 0 Å². The molecule has 0 fully saturated rings. The van der Waals surface area contributed by atoms with Gasteiger partial charge in [0.1, 0.15) is 5.65 Å². The van der Waals surface area contributed by atoms with Gasteiger partial charge in [0, 0.05) is 48.7 Å². The molecule has 0 aliphatic rings. The number of H-pyrrole nitrogens is 1. The molecular weight excluding hydrogens is 442 g/mol. The molecule has 0 atom stereocenters. The Morgan fingerprint density at radius 1 is 1.20 bits per heavy atom. The number of esters is 1. The van der Waals surface area contributed by atoms with E-state index in [9.17, 15) is 9.59 Å². The number of amides is 1. The van der Waals surface area contributed by atoms with Crippen LogP contribution >= 0.6 is 0 Å². The average molecular weight is 472 g/mol. The van der Waals surface area contributed by atoms with E-state index in [-0.39, 0.29) is 12.0 Å². The van der Waals surface area contributed by atoms with Crippen molar-refractivity contribution in [1.82, 2.24) is 19.7 Å². The van der Waals surface area contributed by atoms with E-state index < -0.39 is 5.97 Å². The maximum absolute atomic E-state index is 12.8. The molecule has 180 valence electrons. The second kappa shape index (κ2) is 9.21. The first-order chi connectivity index (χ1) is 16.6. The van der Waals surface area contributed by atoms with E-state index in [1.807, 2.05) is 59.1 Å². The van der Waals surface area contributed by atoms with E-state index in [1.54, 1.807) is 29.0 Å². The van der Waals surface area contributed by atoms with Crippen LogP contribution in [0.15, 0.2) is 49.4 Å². The van der Waals surface area contributed by atoms with Crippen LogP contribution < -0.4 is 4.90 Å². The summed E-state index contributed by atoms with van der Waals surface area (Å²) in [6.45, 7) is 11.1. The highest BCUT2D eigenvalue weighted by molar-refractivity contribution is 6.08. The minimum Gasteiger partial charge on any atom is -0.459 e. The molecule has 0 aliphatic carbocycles. The molecule has 4 rings (SSSR count). The molecule has 1 aromatic carbocycles. The number of likely N-dealkylation sites (N-methyl/N-ethyl adjacent to an activating group) is 1. The summed E-state index contributed by atoms with van der Waals surface area (Å²) in [5.74, 6) is -0.615. The number of rotatable bonds is 6. The number of nitrogens with zero attached hydrogens (tertiary/aromatic N) is 4. The van der Waals surface area contributed by atoms with Gasteiger partial charge in [-0.25, -0.2) is 9.78 Å². The molecule has 3 heterocycles. The number of fused-ring (bicyclic) bond motifs is 1. The van der Waals surface area contributed by atoms with E-state index in [2.05, 4.69) is 21.6 Å². The SMILES string of the molecule is C=CC(=O)N(C)c1cc(-c2c(-c3cnn(C)c3)[nH]c3ncc(C(=O)OC(C)C)c(C)c23)ccc1C. The normalized spacial score (nSPS) is 11.2. The molecule has 0 spiro atoms. The number of nitrogens with one attached hydrogen (secondary N) is 1. The minimum absolute atomic E-state index is 0.201. The lowest BCUT2D eigenvalue weighted by atomic mass is 9.95. The fourth-order valence-electron chi connectivity index (χ4n) is 4.23. The van der Waals surface area contributed by atoms with Gasteiger partial charge in [-0.05, 0) is 56.5 Å². The average Bonchev–Trinajstić information content (AvgIpc) is 3.42. The van der Waals surface area contributed by atoms with Crippen LogP contribution in [0.4, 0.5) is 5.69 Å². The number of carbonyl (C=O) groups excluding carboxylic acids is 2. The van der Waals surface area contributed by atoms with E-state index in [4.69, 9.17) is 4.74 Å². The molecular formula is C27H29N5O3. The Labute approximate surface area is 204 Å². The molecule has 4 aromatic rings. The van der Waals surface area contributed by atoms with Gasteiger partial charge in [0.25, 0.3) is 0 Å². The molecule has 0 radical (unpaired) electrons. The third-order valence-corrected chi connectivity index (χ3v) is 6.00. The number of carbonyl (C=O) groups is 2. The Hall–Kier alpha value is -4.20. The number of hydrogen-bond donors (Lipinski definition) is 1. The van der Waals surface area contributed by atoms with Crippen LogP contribution in [0.1, 0.15) is 35.3 Å². The first kappa shape index (κ1) is 23.9. The Morgan fingerprint density at radius 3 is 2.57 bits per heavy atom. The lowest BCUT2D eigenvalue weighted by Crippen LogP contribution is -2.24. The van der Waals surface area contributed by atoms with E-state index in [1.165, 1.54) is 6.08 Å². The highest BCUT2D eigenvalue weighted by Gasteiger charge is 2.24. The third-order valence-electron chi connectivity index (χ3n) is 6.00. The topological polar surface area (TPSA) is 93.1 Å². The Kier molecular flexibility index (Phi) is 6.30. The van der Waals surface area contributed by atoms with Gasteiger partial charge in [-0.2, -0.15) is 5.10 Å². The van der Waals surface area contributed by atoms with Crippen molar-refractivity contribution < 1.29 is 14.3 Å². The van der Waals surface area contributed by atoms with Crippen molar-refractivity contribution in [3.05, 3.63) is 66.1 Å². The van der Waals surface area contributed by atoms with Crippen LogP contribution in [0.2, 0.25) is 0 Å². The van der Waals surface area contributed by atoms with Gasteiger partial charge in [0.15, 0.2) is 0 Å². The van der Waals surface area contributed by atoms with E-state index in [0.717, 1.165) is 44.6 Å². The van der Waals surface area contributed by atoms with Crippen LogP contribution in [-0.4, -0.2) is 44.8 Å². The lowest BCUT2D eigenvalue weighted by Gasteiger charge is -2.19.